The maximum Gasteiger partial charge on any atom is 0.269 e. The molecule has 0 saturated heterocycles. The number of non-ortho nitro benzene ring substituents is 1. The average molecular weight is 329 g/mol. The van der Waals surface area contributed by atoms with E-state index in [0.717, 1.165) is 11.3 Å². The summed E-state index contributed by atoms with van der Waals surface area (Å²) in [6, 6.07) is 9.86. The lowest BCUT2D eigenvalue weighted by Gasteiger charge is -2.12. The van der Waals surface area contributed by atoms with Gasteiger partial charge in [-0.3, -0.25) is 10.1 Å². The fourth-order valence-electron chi connectivity index (χ4n) is 2.14. The molecule has 2 rings (SSSR count). The zero-order chi connectivity index (χ0) is 17.0. The second-order valence-corrected chi connectivity index (χ2v) is 6.06. The predicted molar refractivity (Wildman–Crippen MR) is 87.2 cm³/mol. The first kappa shape index (κ1) is 16.9. The summed E-state index contributed by atoms with van der Waals surface area (Å²) >= 11 is 1.26. The highest BCUT2D eigenvalue weighted by Gasteiger charge is 2.15. The summed E-state index contributed by atoms with van der Waals surface area (Å²) in [5, 5.41) is 30.8. The summed E-state index contributed by atoms with van der Waals surface area (Å²) in [5.41, 5.74) is 2.54. The number of thioether (sulfide) groups is 1. The fourth-order valence-corrected chi connectivity index (χ4v) is 3.21. The van der Waals surface area contributed by atoms with Crippen LogP contribution in [0.25, 0.3) is 0 Å². The SMILES string of the molecule is Cc1cc(C)c(C#N)c(SCC(O)c2cccc([N+](=O)[O-])c2)n1. The lowest BCUT2D eigenvalue weighted by Crippen LogP contribution is -2.03. The number of hydrogen-bond donors (Lipinski definition) is 1. The van der Waals surface area contributed by atoms with Gasteiger partial charge in [-0.15, -0.1) is 11.8 Å². The molecule has 23 heavy (non-hydrogen) atoms. The molecular weight excluding hydrogens is 314 g/mol. The highest BCUT2D eigenvalue weighted by atomic mass is 32.2. The van der Waals surface area contributed by atoms with Gasteiger partial charge in [0.2, 0.25) is 0 Å². The van der Waals surface area contributed by atoms with Gasteiger partial charge >= 0.3 is 0 Å². The Labute approximate surface area is 137 Å². The van der Waals surface area contributed by atoms with Crippen molar-refractivity contribution in [3.8, 4) is 6.07 Å². The second-order valence-electron chi connectivity index (χ2n) is 5.05. The number of hydrogen-bond acceptors (Lipinski definition) is 6. The molecule has 1 unspecified atom stereocenters. The van der Waals surface area contributed by atoms with E-state index in [1.165, 1.54) is 30.0 Å². The van der Waals surface area contributed by atoms with Crippen molar-refractivity contribution in [1.82, 2.24) is 4.98 Å². The first-order valence-corrected chi connectivity index (χ1v) is 7.84. The van der Waals surface area contributed by atoms with E-state index >= 15 is 0 Å². The number of nitrogens with zero attached hydrogens (tertiary/aromatic N) is 3. The molecule has 0 bridgehead atoms. The van der Waals surface area contributed by atoms with Crippen molar-refractivity contribution < 1.29 is 10.0 Å². The molecule has 1 N–H and O–H groups in total. The Morgan fingerprint density at radius 3 is 2.83 bits per heavy atom. The van der Waals surface area contributed by atoms with Crippen molar-refractivity contribution in [1.29, 1.82) is 5.26 Å². The Balaban J connectivity index is 2.17. The third kappa shape index (κ3) is 4.06. The predicted octanol–water partition coefficient (Wildman–Crippen LogP) is 3.30. The van der Waals surface area contributed by atoms with E-state index in [9.17, 15) is 20.5 Å². The van der Waals surface area contributed by atoms with Crippen LogP contribution in [0.1, 0.15) is 28.5 Å². The molecule has 1 heterocycles. The summed E-state index contributed by atoms with van der Waals surface area (Å²) in [5.74, 6) is 0.256. The molecule has 0 fully saturated rings. The zero-order valence-corrected chi connectivity index (χ0v) is 13.5. The third-order valence-corrected chi connectivity index (χ3v) is 4.32. The van der Waals surface area contributed by atoms with Crippen LogP contribution in [0.3, 0.4) is 0 Å². The minimum atomic E-state index is -0.880. The number of aromatic nitrogens is 1. The topological polar surface area (TPSA) is 100 Å². The lowest BCUT2D eigenvalue weighted by atomic mass is 10.1. The lowest BCUT2D eigenvalue weighted by molar-refractivity contribution is -0.385. The van der Waals surface area contributed by atoms with Crippen molar-refractivity contribution in [2.45, 2.75) is 25.0 Å². The standard InChI is InChI=1S/C16H15N3O3S/c1-10-6-11(2)18-16(14(10)8-17)23-9-15(20)12-4-3-5-13(7-12)19(21)22/h3-7,15,20H,9H2,1-2H3. The molecule has 1 aromatic carbocycles. The first-order valence-electron chi connectivity index (χ1n) is 6.86. The van der Waals surface area contributed by atoms with E-state index in [2.05, 4.69) is 11.1 Å². The minimum absolute atomic E-state index is 0.0613. The molecular formula is C16H15N3O3S. The van der Waals surface area contributed by atoms with Crippen LogP contribution in [-0.2, 0) is 0 Å². The fraction of sp³-hybridized carbons (Fsp3) is 0.250. The third-order valence-electron chi connectivity index (χ3n) is 3.27. The smallest absolute Gasteiger partial charge is 0.269 e. The van der Waals surface area contributed by atoms with Crippen LogP contribution in [0.4, 0.5) is 5.69 Å². The summed E-state index contributed by atoms with van der Waals surface area (Å²) < 4.78 is 0. The van der Waals surface area contributed by atoms with Gasteiger partial charge in [0.15, 0.2) is 0 Å². The average Bonchev–Trinajstić information content (AvgIpc) is 2.52. The Morgan fingerprint density at radius 1 is 1.43 bits per heavy atom. The second kappa shape index (κ2) is 7.22. The van der Waals surface area contributed by atoms with Gasteiger partial charge in [0.25, 0.3) is 5.69 Å². The van der Waals surface area contributed by atoms with E-state index in [4.69, 9.17) is 0 Å². The van der Waals surface area contributed by atoms with Gasteiger partial charge in [-0.25, -0.2) is 4.98 Å². The molecule has 1 atom stereocenters. The van der Waals surface area contributed by atoms with Crippen molar-refractivity contribution >= 4 is 17.4 Å². The number of nitro groups is 1. The highest BCUT2D eigenvalue weighted by Crippen LogP contribution is 2.28. The minimum Gasteiger partial charge on any atom is -0.388 e. The summed E-state index contributed by atoms with van der Waals surface area (Å²) in [7, 11) is 0. The number of benzene rings is 1. The van der Waals surface area contributed by atoms with Crippen molar-refractivity contribution in [2.24, 2.45) is 0 Å². The van der Waals surface area contributed by atoms with Crippen LogP contribution in [-0.4, -0.2) is 20.8 Å². The molecule has 2 aromatic rings. The van der Waals surface area contributed by atoms with E-state index < -0.39 is 11.0 Å². The van der Waals surface area contributed by atoms with E-state index in [0.29, 0.717) is 16.2 Å². The van der Waals surface area contributed by atoms with Crippen molar-refractivity contribution in [3.63, 3.8) is 0 Å². The number of aliphatic hydroxyl groups is 1. The van der Waals surface area contributed by atoms with Gasteiger partial charge in [-0.2, -0.15) is 5.26 Å². The molecule has 0 saturated carbocycles. The Hall–Kier alpha value is -2.43. The number of aryl methyl sites for hydroxylation is 2. The van der Waals surface area contributed by atoms with Crippen LogP contribution in [0.2, 0.25) is 0 Å². The first-order chi connectivity index (χ1) is 10.9. The van der Waals surface area contributed by atoms with Gasteiger partial charge in [0.1, 0.15) is 11.1 Å². The Kier molecular flexibility index (Phi) is 5.32. The molecule has 0 aliphatic heterocycles. The van der Waals surface area contributed by atoms with E-state index in [-0.39, 0.29) is 11.4 Å². The normalized spacial score (nSPS) is 11.7. The summed E-state index contributed by atoms with van der Waals surface area (Å²) in [4.78, 5) is 14.6. The Bertz CT molecular complexity index is 787. The van der Waals surface area contributed by atoms with E-state index in [1.54, 1.807) is 6.07 Å². The van der Waals surface area contributed by atoms with Gasteiger partial charge in [0, 0.05) is 23.6 Å². The quantitative estimate of drug-likeness (QED) is 0.513. The van der Waals surface area contributed by atoms with Gasteiger partial charge in [-0.05, 0) is 31.0 Å². The molecule has 118 valence electrons. The molecule has 0 aliphatic carbocycles. The van der Waals surface area contributed by atoms with Crippen molar-refractivity contribution in [2.75, 3.05) is 5.75 Å². The zero-order valence-electron chi connectivity index (χ0n) is 12.7. The number of rotatable bonds is 5. The maximum absolute atomic E-state index is 10.8. The maximum atomic E-state index is 10.8. The molecule has 0 radical (unpaired) electrons. The number of nitro benzene ring substituents is 1. The van der Waals surface area contributed by atoms with Gasteiger partial charge < -0.3 is 5.11 Å². The monoisotopic (exact) mass is 329 g/mol. The highest BCUT2D eigenvalue weighted by molar-refractivity contribution is 7.99. The van der Waals surface area contributed by atoms with Crippen molar-refractivity contribution in [3.05, 3.63) is 62.8 Å². The molecule has 0 amide bonds. The summed E-state index contributed by atoms with van der Waals surface area (Å²) in [6.07, 6.45) is -0.880. The van der Waals surface area contributed by atoms with Crippen LogP contribution in [0.5, 0.6) is 0 Å². The number of pyridine rings is 1. The largest absolute Gasteiger partial charge is 0.388 e. The van der Waals surface area contributed by atoms with E-state index in [1.807, 2.05) is 19.9 Å². The molecule has 1 aromatic heterocycles. The number of aliphatic hydroxyl groups excluding tert-OH is 1. The molecule has 6 nitrogen and oxygen atoms in total. The van der Waals surface area contributed by atoms with Crippen LogP contribution >= 0.6 is 11.8 Å². The molecule has 7 heteroatoms. The molecule has 0 spiro atoms. The van der Waals surface area contributed by atoms with Gasteiger partial charge in [0.05, 0.1) is 16.6 Å². The Morgan fingerprint density at radius 2 is 2.17 bits per heavy atom. The van der Waals surface area contributed by atoms with Crippen LogP contribution in [0, 0.1) is 35.3 Å². The molecule has 0 aliphatic rings. The summed E-state index contributed by atoms with van der Waals surface area (Å²) in [6.45, 7) is 3.68. The van der Waals surface area contributed by atoms with Gasteiger partial charge in [-0.1, -0.05) is 12.1 Å². The van der Waals surface area contributed by atoms with Crippen LogP contribution < -0.4 is 0 Å². The van der Waals surface area contributed by atoms with Crippen LogP contribution in [0.15, 0.2) is 35.4 Å². The number of nitriles is 1.